The van der Waals surface area contributed by atoms with Crippen molar-refractivity contribution in [3.63, 3.8) is 0 Å². The number of methoxy groups -OCH3 is 1. The number of ketones is 2. The lowest BCUT2D eigenvalue weighted by Gasteiger charge is -2.62. The SMILES string of the molecule is CC1(C)O[C@@H]2C[C@H]3[C@@H]4CCC5=CC(=O)C=C[C@]5(C)[C@@]4(F)[C@@H](O)C[C@]3(C)[C@]2(C(=O)CO)O1.COc1cc(C(=O)NS(=O)(=O)c2ccccc2C)ccc1Cc1cn(C)c2ccc(NC(=O)OC3CCCC3)cc12. The first-order valence-electron chi connectivity index (χ1n) is 24.7. The van der Waals surface area contributed by atoms with E-state index in [1.807, 2.05) is 42.9 Å². The van der Waals surface area contributed by atoms with Crippen molar-refractivity contribution in [3.05, 3.63) is 113 Å². The Labute approximate surface area is 419 Å². The Morgan fingerprint density at radius 1 is 0.972 bits per heavy atom. The van der Waals surface area contributed by atoms with Crippen molar-refractivity contribution >= 4 is 50.2 Å². The molecule has 3 aromatic carbocycles. The molecular formula is C55H64FN3O12S. The molecule has 72 heavy (non-hydrogen) atoms. The number of rotatable bonds is 10. The van der Waals surface area contributed by atoms with E-state index in [0.29, 0.717) is 42.7 Å². The largest absolute Gasteiger partial charge is 0.496 e. The summed E-state index contributed by atoms with van der Waals surface area (Å²) in [7, 11) is -0.583. The van der Waals surface area contributed by atoms with Crippen molar-refractivity contribution in [1.29, 1.82) is 0 Å². The number of nitrogens with zero attached hydrogens (tertiary/aromatic N) is 1. The normalized spacial score (nSPS) is 30.2. The lowest BCUT2D eigenvalue weighted by Crippen LogP contribution is -2.70. The number of carbonyl (C=O) groups is 4. The monoisotopic (exact) mass is 1010 g/mol. The van der Waals surface area contributed by atoms with Crippen LogP contribution in [0.3, 0.4) is 0 Å². The number of halogens is 1. The molecule has 0 bridgehead atoms. The van der Waals surface area contributed by atoms with Crippen molar-refractivity contribution in [2.45, 2.75) is 133 Å². The fourth-order valence-corrected chi connectivity index (χ4v) is 14.5. The van der Waals surface area contributed by atoms with Crippen LogP contribution >= 0.6 is 0 Å². The zero-order chi connectivity index (χ0) is 51.8. The number of carbonyl (C=O) groups excluding carboxylic acids is 4. The molecule has 4 N–H and O–H groups in total. The predicted octanol–water partition coefficient (Wildman–Crippen LogP) is 8.11. The minimum Gasteiger partial charge on any atom is -0.496 e. The third-order valence-electron chi connectivity index (χ3n) is 16.6. The highest BCUT2D eigenvalue weighted by Crippen LogP contribution is 2.72. The van der Waals surface area contributed by atoms with Gasteiger partial charge in [-0.1, -0.05) is 42.8 Å². The van der Waals surface area contributed by atoms with Gasteiger partial charge in [0.05, 0.1) is 24.2 Å². The van der Waals surface area contributed by atoms with E-state index in [0.717, 1.165) is 53.3 Å². The molecule has 0 radical (unpaired) electrons. The van der Waals surface area contributed by atoms with Gasteiger partial charge in [0.1, 0.15) is 18.5 Å². The molecule has 2 heterocycles. The molecule has 0 spiro atoms. The summed E-state index contributed by atoms with van der Waals surface area (Å²) in [5.41, 5.74) is -0.516. The van der Waals surface area contributed by atoms with Gasteiger partial charge < -0.3 is 33.7 Å². The van der Waals surface area contributed by atoms with E-state index in [-0.39, 0.29) is 34.7 Å². The number of anilines is 1. The van der Waals surface area contributed by atoms with Crippen molar-refractivity contribution in [1.82, 2.24) is 9.29 Å². The molecule has 4 saturated carbocycles. The van der Waals surface area contributed by atoms with E-state index in [4.69, 9.17) is 18.9 Å². The maximum Gasteiger partial charge on any atom is 0.411 e. The van der Waals surface area contributed by atoms with E-state index in [2.05, 4.69) is 10.0 Å². The number of aromatic nitrogens is 1. The highest BCUT2D eigenvalue weighted by Gasteiger charge is 2.80. The second-order valence-electron chi connectivity index (χ2n) is 21.3. The van der Waals surface area contributed by atoms with Crippen LogP contribution in [-0.2, 0) is 47.3 Å². The van der Waals surface area contributed by atoms with Gasteiger partial charge in [-0.2, -0.15) is 0 Å². The predicted molar refractivity (Wildman–Crippen MR) is 266 cm³/mol. The Hall–Kier alpha value is -5.72. The number of hydrogen-bond donors (Lipinski definition) is 4. The van der Waals surface area contributed by atoms with Gasteiger partial charge in [-0.3, -0.25) is 19.7 Å². The maximum atomic E-state index is 17.1. The molecule has 1 aliphatic heterocycles. The summed E-state index contributed by atoms with van der Waals surface area (Å²) in [6.45, 7) is 8.09. The molecule has 15 nitrogen and oxygen atoms in total. The van der Waals surface area contributed by atoms with Crippen LogP contribution in [0.4, 0.5) is 14.9 Å². The smallest absolute Gasteiger partial charge is 0.411 e. The maximum absolute atomic E-state index is 17.1. The van der Waals surface area contributed by atoms with Gasteiger partial charge in [-0.05, 0) is 150 Å². The number of allylic oxidation sites excluding steroid dienone is 4. The summed E-state index contributed by atoms with van der Waals surface area (Å²) in [5, 5.41) is 25.0. The van der Waals surface area contributed by atoms with Crippen LogP contribution in [0.15, 0.2) is 95.6 Å². The molecular weight excluding hydrogens is 946 g/mol. The number of hydrogen-bond acceptors (Lipinski definition) is 12. The molecule has 2 amide bonds. The fourth-order valence-electron chi connectivity index (χ4n) is 13.3. The van der Waals surface area contributed by atoms with E-state index < -0.39 is 80.4 Å². The number of benzene rings is 3. The number of aliphatic hydroxyl groups excluding tert-OH is 2. The van der Waals surface area contributed by atoms with Crippen LogP contribution in [0.5, 0.6) is 5.75 Å². The van der Waals surface area contributed by atoms with E-state index in [1.165, 1.54) is 31.4 Å². The number of fused-ring (bicyclic) bond motifs is 8. The summed E-state index contributed by atoms with van der Waals surface area (Å²) in [5.74, 6) is -2.75. The zero-order valence-electron chi connectivity index (χ0n) is 41.8. The van der Waals surface area contributed by atoms with Gasteiger partial charge in [0.25, 0.3) is 15.9 Å². The lowest BCUT2D eigenvalue weighted by atomic mass is 9.44. The summed E-state index contributed by atoms with van der Waals surface area (Å²) >= 11 is 0. The molecule has 8 atom stereocenters. The molecule has 6 aliphatic rings. The van der Waals surface area contributed by atoms with Crippen LogP contribution in [-0.4, -0.2) is 95.9 Å². The number of aliphatic hydroxyl groups is 2. The van der Waals surface area contributed by atoms with Crippen LogP contribution in [0.1, 0.15) is 106 Å². The fraction of sp³-hybridized carbons (Fsp3) is 0.491. The Morgan fingerprint density at radius 3 is 2.42 bits per heavy atom. The first kappa shape index (κ1) is 51.2. The number of sulfonamides is 1. The molecule has 5 aliphatic carbocycles. The zero-order valence-corrected chi connectivity index (χ0v) is 42.6. The second-order valence-corrected chi connectivity index (χ2v) is 22.9. The molecule has 1 aromatic heterocycles. The van der Waals surface area contributed by atoms with Crippen LogP contribution in [0.25, 0.3) is 10.9 Å². The molecule has 384 valence electrons. The van der Waals surface area contributed by atoms with E-state index in [1.54, 1.807) is 64.1 Å². The minimum atomic E-state index is -4.04. The van der Waals surface area contributed by atoms with Gasteiger partial charge in [-0.15, -0.1) is 0 Å². The van der Waals surface area contributed by atoms with Crippen LogP contribution in [0, 0.1) is 29.6 Å². The third kappa shape index (κ3) is 8.47. The van der Waals surface area contributed by atoms with Gasteiger partial charge in [0.15, 0.2) is 28.6 Å². The number of amides is 2. The molecule has 10 rings (SSSR count). The Morgan fingerprint density at radius 2 is 1.71 bits per heavy atom. The van der Waals surface area contributed by atoms with Crippen molar-refractivity contribution in [3.8, 4) is 5.75 Å². The van der Waals surface area contributed by atoms with Gasteiger partial charge in [0.2, 0.25) is 0 Å². The number of Topliss-reactive ketones (excluding diaryl/α,β-unsaturated/α-hetero) is 1. The first-order chi connectivity index (χ1) is 34.0. The quantitative estimate of drug-likeness (QED) is 0.119. The summed E-state index contributed by atoms with van der Waals surface area (Å²) < 4.78 is 70.4. The summed E-state index contributed by atoms with van der Waals surface area (Å²) in [6.07, 6.45) is 10.00. The van der Waals surface area contributed by atoms with Gasteiger partial charge >= 0.3 is 6.09 Å². The Kier molecular flexibility index (Phi) is 13.3. The highest BCUT2D eigenvalue weighted by atomic mass is 32.2. The molecule has 0 unspecified atom stereocenters. The van der Waals surface area contributed by atoms with E-state index >= 15 is 4.39 Å². The first-order valence-corrected chi connectivity index (χ1v) is 26.2. The average molecular weight is 1010 g/mol. The number of nitrogens with one attached hydrogen (secondary N) is 2. The van der Waals surface area contributed by atoms with Crippen molar-refractivity contribution in [2.75, 3.05) is 19.0 Å². The Balaban J connectivity index is 0.000000184. The summed E-state index contributed by atoms with van der Waals surface area (Å²) in [6, 6.07) is 17.1. The molecule has 1 saturated heterocycles. The summed E-state index contributed by atoms with van der Waals surface area (Å²) in [4.78, 5) is 50.5. The lowest BCUT2D eigenvalue weighted by molar-refractivity contribution is -0.246. The molecule has 4 aromatic rings. The number of alkyl halides is 1. The minimum absolute atomic E-state index is 0.0109. The standard InChI is InChI=1S/C31H33N3O6S.C24H31FO6/c1-20-8-4-7-11-29(20)41(37,38)33-30(35)22-13-12-21(28(17-22)39-3)16-23-19-34(2)27-15-14-24(18-26(23)27)32-31(36)40-25-9-5-6-10-25;1-20(2)30-19-10-16-15-6-5-13-9-14(27)7-8-21(13,3)23(15,25)17(28)11-22(16,4)24(19,31-20)18(29)12-26/h4,7-8,11-15,17-19,25H,5-6,9-10,16H2,1-3H3,(H,32,36)(H,33,35);7-9,15-17,19,26,28H,5-6,10-12H2,1-4H3/t;15-,16-,17-,19+,21-,22-,23-,24+/m.0/s1. The van der Waals surface area contributed by atoms with Crippen molar-refractivity contribution < 1.29 is 61.1 Å². The van der Waals surface area contributed by atoms with Crippen LogP contribution < -0.4 is 14.8 Å². The second kappa shape index (κ2) is 18.6. The topological polar surface area (TPSA) is 209 Å². The molecule has 17 heteroatoms. The molecule has 5 fully saturated rings. The Bertz CT molecular complexity index is 3030. The highest BCUT2D eigenvalue weighted by molar-refractivity contribution is 7.90. The van der Waals surface area contributed by atoms with Gasteiger partial charge in [0, 0.05) is 58.6 Å². The number of ether oxygens (including phenoxy) is 4. The number of aryl methyl sites for hydroxylation is 2. The van der Waals surface area contributed by atoms with E-state index in [9.17, 15) is 37.8 Å². The van der Waals surface area contributed by atoms with Crippen LogP contribution in [0.2, 0.25) is 0 Å². The van der Waals surface area contributed by atoms with Crippen molar-refractivity contribution in [2.24, 2.45) is 29.7 Å². The third-order valence-corrected chi connectivity index (χ3v) is 18.1. The average Bonchev–Trinajstić information content (AvgIpc) is 4.08. The van der Waals surface area contributed by atoms with Gasteiger partial charge in [-0.25, -0.2) is 22.3 Å².